The summed E-state index contributed by atoms with van der Waals surface area (Å²) < 4.78 is 28.4. The summed E-state index contributed by atoms with van der Waals surface area (Å²) in [5.74, 6) is -3.29. The van der Waals surface area contributed by atoms with Crippen LogP contribution in [0.25, 0.3) is 0 Å². The molecule has 106 valence electrons. The molecule has 0 spiro atoms. The average Bonchev–Trinajstić information content (AvgIpc) is 2.49. The highest BCUT2D eigenvalue weighted by Gasteiger charge is 2.37. The summed E-state index contributed by atoms with van der Waals surface area (Å²) >= 11 is 6.11. The third kappa shape index (κ3) is 2.71. The SMILES string of the molecule is CN1Cc2c(Cl)c(C(=O)N(C)C)nn2CC(F)(F)C1. The van der Waals surface area contributed by atoms with Gasteiger partial charge in [-0.2, -0.15) is 5.10 Å². The Kier molecular flexibility index (Phi) is 3.53. The maximum Gasteiger partial charge on any atom is 0.279 e. The average molecular weight is 293 g/mol. The Morgan fingerprint density at radius 2 is 2.05 bits per heavy atom. The third-order valence-electron chi connectivity index (χ3n) is 2.90. The number of carbonyl (C=O) groups is 1. The number of alkyl halides is 2. The van der Waals surface area contributed by atoms with Gasteiger partial charge in [0.2, 0.25) is 0 Å². The van der Waals surface area contributed by atoms with Crippen LogP contribution in [-0.4, -0.2) is 59.1 Å². The molecule has 0 unspecified atom stereocenters. The van der Waals surface area contributed by atoms with Crippen molar-refractivity contribution >= 4 is 17.5 Å². The standard InChI is InChI=1S/C11H15ClF2N4O/c1-16(2)10(19)9-8(12)7-4-17(3)5-11(13,14)6-18(7)15-9/h4-6H2,1-3H3. The molecular formula is C11H15ClF2N4O. The fraction of sp³-hybridized carbons (Fsp3) is 0.636. The van der Waals surface area contributed by atoms with Gasteiger partial charge in [0, 0.05) is 20.6 Å². The number of carbonyl (C=O) groups excluding carboxylic acids is 1. The van der Waals surface area contributed by atoms with Crippen LogP contribution in [0.2, 0.25) is 5.02 Å². The van der Waals surface area contributed by atoms with Gasteiger partial charge in [0.05, 0.1) is 17.3 Å². The van der Waals surface area contributed by atoms with Gasteiger partial charge in [0.25, 0.3) is 11.8 Å². The van der Waals surface area contributed by atoms with Gasteiger partial charge in [-0.05, 0) is 7.05 Å². The Morgan fingerprint density at radius 3 is 2.63 bits per heavy atom. The molecule has 2 heterocycles. The predicted octanol–water partition coefficient (Wildman–Crippen LogP) is 1.32. The predicted molar refractivity (Wildman–Crippen MR) is 66.5 cm³/mol. The molecule has 1 aromatic rings. The van der Waals surface area contributed by atoms with Crippen LogP contribution < -0.4 is 0 Å². The topological polar surface area (TPSA) is 41.4 Å². The van der Waals surface area contributed by atoms with Crippen LogP contribution in [0.5, 0.6) is 0 Å². The van der Waals surface area contributed by atoms with Crippen LogP contribution in [-0.2, 0) is 13.1 Å². The van der Waals surface area contributed by atoms with E-state index in [4.69, 9.17) is 11.6 Å². The quantitative estimate of drug-likeness (QED) is 0.784. The molecule has 0 fully saturated rings. The van der Waals surface area contributed by atoms with Crippen LogP contribution in [0.15, 0.2) is 0 Å². The van der Waals surface area contributed by atoms with Gasteiger partial charge in [-0.1, -0.05) is 11.6 Å². The number of aromatic nitrogens is 2. The van der Waals surface area contributed by atoms with E-state index in [1.807, 2.05) is 0 Å². The number of nitrogens with zero attached hydrogens (tertiary/aromatic N) is 4. The lowest BCUT2D eigenvalue weighted by Gasteiger charge is -2.18. The molecule has 1 aliphatic rings. The van der Waals surface area contributed by atoms with Crippen molar-refractivity contribution < 1.29 is 13.6 Å². The van der Waals surface area contributed by atoms with E-state index in [9.17, 15) is 13.6 Å². The normalized spacial score (nSPS) is 18.8. The minimum Gasteiger partial charge on any atom is -0.343 e. The molecule has 1 aromatic heterocycles. The number of halogens is 3. The van der Waals surface area contributed by atoms with Crippen LogP contribution >= 0.6 is 11.6 Å². The minimum absolute atomic E-state index is 0.0211. The van der Waals surface area contributed by atoms with E-state index >= 15 is 0 Å². The van der Waals surface area contributed by atoms with Crippen LogP contribution in [0.4, 0.5) is 8.78 Å². The summed E-state index contributed by atoms with van der Waals surface area (Å²) in [5, 5.41) is 4.10. The van der Waals surface area contributed by atoms with Gasteiger partial charge in [-0.25, -0.2) is 8.78 Å². The van der Waals surface area contributed by atoms with Gasteiger partial charge < -0.3 is 4.90 Å². The molecule has 5 nitrogen and oxygen atoms in total. The maximum absolute atomic E-state index is 13.7. The molecule has 2 rings (SSSR count). The van der Waals surface area contributed by atoms with Crippen LogP contribution in [0.3, 0.4) is 0 Å². The number of fused-ring (bicyclic) bond motifs is 1. The van der Waals surface area contributed by atoms with Crippen molar-refractivity contribution in [1.82, 2.24) is 19.6 Å². The molecular weight excluding hydrogens is 278 g/mol. The van der Waals surface area contributed by atoms with E-state index in [2.05, 4.69) is 5.10 Å². The zero-order valence-corrected chi connectivity index (χ0v) is 11.7. The molecule has 1 aliphatic heterocycles. The zero-order chi connectivity index (χ0) is 14.4. The molecule has 19 heavy (non-hydrogen) atoms. The van der Waals surface area contributed by atoms with E-state index in [0.29, 0.717) is 5.69 Å². The van der Waals surface area contributed by atoms with Crippen LogP contribution in [0.1, 0.15) is 16.2 Å². The molecule has 0 N–H and O–H groups in total. The molecule has 0 atom stereocenters. The second-order valence-electron chi connectivity index (χ2n) is 4.99. The Hall–Kier alpha value is -1.21. The summed E-state index contributed by atoms with van der Waals surface area (Å²) in [4.78, 5) is 14.7. The summed E-state index contributed by atoms with van der Waals surface area (Å²) in [5.41, 5.74) is 0.472. The Morgan fingerprint density at radius 1 is 1.42 bits per heavy atom. The van der Waals surface area contributed by atoms with E-state index in [0.717, 1.165) is 4.68 Å². The molecule has 0 aromatic carbocycles. The first kappa shape index (κ1) is 14.2. The van der Waals surface area contributed by atoms with Crippen molar-refractivity contribution in [3.8, 4) is 0 Å². The summed E-state index contributed by atoms with van der Waals surface area (Å²) in [6.45, 7) is -0.682. The second kappa shape index (κ2) is 4.72. The van der Waals surface area contributed by atoms with Gasteiger partial charge in [0.15, 0.2) is 5.69 Å². The lowest BCUT2D eigenvalue weighted by Crippen LogP contribution is -2.34. The molecule has 0 saturated heterocycles. The third-order valence-corrected chi connectivity index (χ3v) is 3.30. The van der Waals surface area contributed by atoms with Crippen molar-refractivity contribution in [1.29, 1.82) is 0 Å². The number of rotatable bonds is 1. The fourth-order valence-electron chi connectivity index (χ4n) is 2.08. The van der Waals surface area contributed by atoms with Crippen molar-refractivity contribution in [3.05, 3.63) is 16.4 Å². The highest BCUT2D eigenvalue weighted by molar-refractivity contribution is 6.34. The van der Waals surface area contributed by atoms with Crippen molar-refractivity contribution in [3.63, 3.8) is 0 Å². The highest BCUT2D eigenvalue weighted by Crippen LogP contribution is 2.29. The van der Waals surface area contributed by atoms with E-state index in [1.165, 1.54) is 9.80 Å². The molecule has 0 bridgehead atoms. The van der Waals surface area contributed by atoms with Gasteiger partial charge >= 0.3 is 0 Å². The first-order valence-corrected chi connectivity index (χ1v) is 6.12. The minimum atomic E-state index is -2.90. The maximum atomic E-state index is 13.7. The zero-order valence-electron chi connectivity index (χ0n) is 11.0. The first-order valence-electron chi connectivity index (χ1n) is 5.74. The molecule has 0 aliphatic carbocycles. The largest absolute Gasteiger partial charge is 0.343 e. The monoisotopic (exact) mass is 292 g/mol. The Labute approximate surface area is 114 Å². The number of hydrogen-bond donors (Lipinski definition) is 0. The van der Waals surface area contributed by atoms with Gasteiger partial charge in [0.1, 0.15) is 6.54 Å². The molecule has 0 saturated carbocycles. The van der Waals surface area contributed by atoms with E-state index in [1.54, 1.807) is 21.1 Å². The van der Waals surface area contributed by atoms with Gasteiger partial charge in [-0.3, -0.25) is 14.4 Å². The second-order valence-corrected chi connectivity index (χ2v) is 5.37. The Bertz CT molecular complexity index is 515. The highest BCUT2D eigenvalue weighted by atomic mass is 35.5. The summed E-state index contributed by atoms with van der Waals surface area (Å²) in [7, 11) is 4.70. The molecule has 8 heteroatoms. The lowest BCUT2D eigenvalue weighted by atomic mass is 10.3. The number of amides is 1. The Balaban J connectivity index is 2.46. The van der Waals surface area contributed by atoms with Crippen LogP contribution in [0, 0.1) is 0 Å². The summed E-state index contributed by atoms with van der Waals surface area (Å²) in [6, 6.07) is 0. The molecule has 1 amide bonds. The summed E-state index contributed by atoms with van der Waals surface area (Å²) in [6.07, 6.45) is 0. The van der Waals surface area contributed by atoms with Crippen molar-refractivity contribution in [2.75, 3.05) is 27.7 Å². The fourth-order valence-corrected chi connectivity index (χ4v) is 2.36. The smallest absolute Gasteiger partial charge is 0.279 e. The molecule has 0 radical (unpaired) electrons. The van der Waals surface area contributed by atoms with E-state index in [-0.39, 0.29) is 23.8 Å². The van der Waals surface area contributed by atoms with Crippen molar-refractivity contribution in [2.45, 2.75) is 19.0 Å². The van der Waals surface area contributed by atoms with E-state index < -0.39 is 18.4 Å². The lowest BCUT2D eigenvalue weighted by molar-refractivity contribution is -0.0370. The van der Waals surface area contributed by atoms with Gasteiger partial charge in [-0.15, -0.1) is 0 Å². The van der Waals surface area contributed by atoms with Crippen molar-refractivity contribution in [2.24, 2.45) is 0 Å². The first-order chi connectivity index (χ1) is 8.71. The number of hydrogen-bond acceptors (Lipinski definition) is 3.